The Morgan fingerprint density at radius 1 is 1.41 bits per heavy atom. The first kappa shape index (κ1) is 12.8. The Labute approximate surface area is 116 Å². The molecule has 1 aromatic heterocycles. The predicted molar refractivity (Wildman–Crippen MR) is 70.1 cm³/mol. The highest BCUT2D eigenvalue weighted by molar-refractivity contribution is 9.10. The van der Waals surface area contributed by atoms with E-state index < -0.39 is 0 Å². The standard InChI is InChI=1S/C11H8BrClFNOS/c12-7-1-8(14)3-10(2-7)16-5-11-15-9(4-13)6-17-11/h1-3,6H,4-5H2. The molecule has 2 nitrogen and oxygen atoms in total. The monoisotopic (exact) mass is 335 g/mol. The van der Waals surface area contributed by atoms with Crippen LogP contribution >= 0.6 is 38.9 Å². The van der Waals surface area contributed by atoms with Gasteiger partial charge in [0.1, 0.15) is 23.2 Å². The van der Waals surface area contributed by atoms with Gasteiger partial charge in [0.05, 0.1) is 11.6 Å². The maximum Gasteiger partial charge on any atom is 0.140 e. The number of benzene rings is 1. The normalized spacial score (nSPS) is 10.5. The maximum atomic E-state index is 13.1. The van der Waals surface area contributed by atoms with Gasteiger partial charge in [0, 0.05) is 15.9 Å². The topological polar surface area (TPSA) is 22.1 Å². The third kappa shape index (κ3) is 3.66. The molecular weight excluding hydrogens is 329 g/mol. The zero-order chi connectivity index (χ0) is 12.3. The average molecular weight is 337 g/mol. The van der Waals surface area contributed by atoms with Crippen LogP contribution in [0.3, 0.4) is 0 Å². The third-order valence-corrected chi connectivity index (χ3v) is 3.54. The molecule has 0 bridgehead atoms. The zero-order valence-corrected chi connectivity index (χ0v) is 11.8. The molecule has 1 heterocycles. The van der Waals surface area contributed by atoms with E-state index in [0.29, 0.717) is 22.7 Å². The molecule has 2 aromatic rings. The Kier molecular flexibility index (Phi) is 4.36. The fourth-order valence-electron chi connectivity index (χ4n) is 1.23. The Morgan fingerprint density at radius 3 is 2.88 bits per heavy atom. The van der Waals surface area contributed by atoms with Gasteiger partial charge < -0.3 is 4.74 Å². The van der Waals surface area contributed by atoms with E-state index in [-0.39, 0.29) is 5.82 Å². The van der Waals surface area contributed by atoms with Crippen molar-refractivity contribution in [2.75, 3.05) is 0 Å². The summed E-state index contributed by atoms with van der Waals surface area (Å²) in [7, 11) is 0. The van der Waals surface area contributed by atoms with Crippen molar-refractivity contribution in [3.63, 3.8) is 0 Å². The number of hydrogen-bond acceptors (Lipinski definition) is 3. The van der Waals surface area contributed by atoms with Crippen LogP contribution in [-0.4, -0.2) is 4.98 Å². The molecule has 2 rings (SSSR count). The van der Waals surface area contributed by atoms with Crippen LogP contribution in [0.1, 0.15) is 10.7 Å². The molecule has 0 N–H and O–H groups in total. The molecule has 0 radical (unpaired) electrons. The highest BCUT2D eigenvalue weighted by Crippen LogP contribution is 2.22. The first-order valence-corrected chi connectivity index (χ1v) is 6.96. The van der Waals surface area contributed by atoms with Crippen molar-refractivity contribution in [3.05, 3.63) is 44.6 Å². The first-order chi connectivity index (χ1) is 8.17. The lowest BCUT2D eigenvalue weighted by atomic mass is 10.3. The number of thiazole rings is 1. The molecule has 0 aliphatic rings. The van der Waals surface area contributed by atoms with Crippen molar-refractivity contribution in [1.82, 2.24) is 4.98 Å². The number of alkyl halides is 1. The minimum Gasteiger partial charge on any atom is -0.486 e. The highest BCUT2D eigenvalue weighted by Gasteiger charge is 2.04. The summed E-state index contributed by atoms with van der Waals surface area (Å²) in [6, 6.07) is 4.42. The van der Waals surface area contributed by atoms with Gasteiger partial charge in [0.15, 0.2) is 0 Å². The summed E-state index contributed by atoms with van der Waals surface area (Å²) < 4.78 is 19.2. The van der Waals surface area contributed by atoms with E-state index in [4.69, 9.17) is 16.3 Å². The van der Waals surface area contributed by atoms with Crippen molar-refractivity contribution in [1.29, 1.82) is 0 Å². The van der Waals surface area contributed by atoms with Crippen LogP contribution in [0, 0.1) is 5.82 Å². The fourth-order valence-corrected chi connectivity index (χ4v) is 2.61. The van der Waals surface area contributed by atoms with Gasteiger partial charge in [-0.1, -0.05) is 15.9 Å². The lowest BCUT2D eigenvalue weighted by Gasteiger charge is -2.04. The van der Waals surface area contributed by atoms with Crippen LogP contribution < -0.4 is 4.74 Å². The van der Waals surface area contributed by atoms with Gasteiger partial charge in [-0.25, -0.2) is 9.37 Å². The van der Waals surface area contributed by atoms with Gasteiger partial charge in [0.2, 0.25) is 0 Å². The molecule has 1 aromatic carbocycles. The minimum absolute atomic E-state index is 0.317. The Balaban J connectivity index is 2.01. The molecule has 6 heteroatoms. The summed E-state index contributed by atoms with van der Waals surface area (Å²) in [6.45, 7) is 0.317. The second-order valence-corrected chi connectivity index (χ2v) is 5.39. The summed E-state index contributed by atoms with van der Waals surface area (Å²) in [5.41, 5.74) is 0.829. The van der Waals surface area contributed by atoms with Gasteiger partial charge in [-0.15, -0.1) is 22.9 Å². The average Bonchev–Trinajstić information content (AvgIpc) is 2.73. The summed E-state index contributed by atoms with van der Waals surface area (Å²) in [4.78, 5) is 4.24. The smallest absolute Gasteiger partial charge is 0.140 e. The molecule has 0 saturated heterocycles. The number of aromatic nitrogens is 1. The molecule has 0 fully saturated rings. The lowest BCUT2D eigenvalue weighted by molar-refractivity contribution is 0.303. The van der Waals surface area contributed by atoms with E-state index in [1.165, 1.54) is 23.5 Å². The van der Waals surface area contributed by atoms with Crippen molar-refractivity contribution >= 4 is 38.9 Å². The van der Waals surface area contributed by atoms with Gasteiger partial charge in [-0.2, -0.15) is 0 Å². The molecular formula is C11H8BrClFNOS. The molecule has 0 aliphatic heterocycles. The second kappa shape index (κ2) is 5.80. The largest absolute Gasteiger partial charge is 0.486 e. The Hall–Kier alpha value is -0.650. The summed E-state index contributed by atoms with van der Waals surface area (Å²) >= 11 is 10.3. The number of halogens is 3. The van der Waals surface area contributed by atoms with Crippen molar-refractivity contribution < 1.29 is 9.13 Å². The van der Waals surface area contributed by atoms with Gasteiger partial charge in [0.25, 0.3) is 0 Å². The molecule has 0 saturated carbocycles. The Morgan fingerprint density at radius 2 is 2.24 bits per heavy atom. The molecule has 0 unspecified atom stereocenters. The van der Waals surface area contributed by atoms with Crippen molar-refractivity contribution in [2.24, 2.45) is 0 Å². The molecule has 0 spiro atoms. The van der Waals surface area contributed by atoms with E-state index in [2.05, 4.69) is 20.9 Å². The predicted octanol–water partition coefficient (Wildman–Crippen LogP) is 4.36. The quantitative estimate of drug-likeness (QED) is 0.774. The first-order valence-electron chi connectivity index (χ1n) is 4.75. The maximum absolute atomic E-state index is 13.1. The van der Waals surface area contributed by atoms with Crippen LogP contribution in [0.2, 0.25) is 0 Å². The molecule has 90 valence electrons. The lowest BCUT2D eigenvalue weighted by Crippen LogP contribution is -1.95. The SMILES string of the molecule is Fc1cc(Br)cc(OCc2nc(CCl)cs2)c1. The van der Waals surface area contributed by atoms with Gasteiger partial charge in [-0.3, -0.25) is 0 Å². The number of nitrogens with zero attached hydrogens (tertiary/aromatic N) is 1. The van der Waals surface area contributed by atoms with Crippen LogP contribution in [0.4, 0.5) is 4.39 Å². The molecule has 0 aliphatic carbocycles. The second-order valence-electron chi connectivity index (χ2n) is 3.26. The zero-order valence-electron chi connectivity index (χ0n) is 8.62. The highest BCUT2D eigenvalue weighted by atomic mass is 79.9. The van der Waals surface area contributed by atoms with Crippen LogP contribution in [-0.2, 0) is 12.5 Å². The van der Waals surface area contributed by atoms with E-state index in [1.54, 1.807) is 6.07 Å². The van der Waals surface area contributed by atoms with Crippen molar-refractivity contribution in [2.45, 2.75) is 12.5 Å². The van der Waals surface area contributed by atoms with Gasteiger partial charge >= 0.3 is 0 Å². The molecule has 17 heavy (non-hydrogen) atoms. The van der Waals surface area contributed by atoms with Crippen LogP contribution in [0.25, 0.3) is 0 Å². The number of rotatable bonds is 4. The van der Waals surface area contributed by atoms with E-state index in [0.717, 1.165) is 10.7 Å². The van der Waals surface area contributed by atoms with E-state index in [1.807, 2.05) is 5.38 Å². The van der Waals surface area contributed by atoms with Gasteiger partial charge in [-0.05, 0) is 12.1 Å². The summed E-state index contributed by atoms with van der Waals surface area (Å²) in [6.07, 6.45) is 0. The minimum atomic E-state index is -0.338. The van der Waals surface area contributed by atoms with Crippen LogP contribution in [0.15, 0.2) is 28.1 Å². The van der Waals surface area contributed by atoms with Crippen LogP contribution in [0.5, 0.6) is 5.75 Å². The number of ether oxygens (including phenoxy) is 1. The number of hydrogen-bond donors (Lipinski definition) is 0. The molecule has 0 atom stereocenters. The van der Waals surface area contributed by atoms with E-state index in [9.17, 15) is 4.39 Å². The summed E-state index contributed by atoms with van der Waals surface area (Å²) in [5, 5.41) is 2.70. The van der Waals surface area contributed by atoms with E-state index >= 15 is 0 Å². The summed E-state index contributed by atoms with van der Waals surface area (Å²) in [5.74, 6) is 0.525. The third-order valence-electron chi connectivity index (χ3n) is 1.93. The van der Waals surface area contributed by atoms with Crippen molar-refractivity contribution in [3.8, 4) is 5.75 Å². The fraction of sp³-hybridized carbons (Fsp3) is 0.182. The Bertz CT molecular complexity index is 500. The molecule has 0 amide bonds.